The molecule has 0 atom stereocenters. The van der Waals surface area contributed by atoms with Crippen molar-refractivity contribution in [2.45, 2.75) is 0 Å². The normalized spacial score (nSPS) is 10.5. The number of carbonyl (C=O) groups is 3. The Morgan fingerprint density at radius 3 is 2.34 bits per heavy atom. The van der Waals surface area contributed by atoms with Crippen LogP contribution in [0, 0.1) is 0 Å². The fourth-order valence-corrected chi connectivity index (χ4v) is 2.76. The van der Waals surface area contributed by atoms with Gasteiger partial charge < -0.3 is 15.5 Å². The fraction of sp³-hybridized carbons (Fsp3) is 0.263. The molecule has 2 N–H and O–H groups in total. The number of amides is 3. The first-order chi connectivity index (χ1) is 13.7. The summed E-state index contributed by atoms with van der Waals surface area (Å²) in [6.45, 7) is -0.146. The van der Waals surface area contributed by atoms with E-state index in [4.69, 9.17) is 11.6 Å². The highest BCUT2D eigenvalue weighted by Crippen LogP contribution is 2.20. The molecular formula is C19H21BrClN5O3. The molecule has 2 aromatic rings. The minimum Gasteiger partial charge on any atom is -0.335 e. The van der Waals surface area contributed by atoms with Gasteiger partial charge in [0.1, 0.15) is 5.82 Å². The third-order valence-electron chi connectivity index (χ3n) is 3.77. The smallest absolute Gasteiger partial charge is 0.244 e. The van der Waals surface area contributed by atoms with Gasteiger partial charge in [-0.3, -0.25) is 19.3 Å². The van der Waals surface area contributed by atoms with Gasteiger partial charge >= 0.3 is 0 Å². The molecule has 1 heterocycles. The molecule has 0 bridgehead atoms. The summed E-state index contributed by atoms with van der Waals surface area (Å²) in [6, 6.07) is 10.3. The van der Waals surface area contributed by atoms with Crippen LogP contribution in [-0.2, 0) is 14.4 Å². The van der Waals surface area contributed by atoms with Gasteiger partial charge in [0.15, 0.2) is 0 Å². The number of nitrogens with zero attached hydrogens (tertiary/aromatic N) is 3. The lowest BCUT2D eigenvalue weighted by Gasteiger charge is -2.21. The van der Waals surface area contributed by atoms with Gasteiger partial charge in [-0.15, -0.1) is 0 Å². The number of aromatic nitrogens is 1. The maximum Gasteiger partial charge on any atom is 0.244 e. The zero-order valence-corrected chi connectivity index (χ0v) is 18.3. The molecule has 0 aliphatic carbocycles. The van der Waals surface area contributed by atoms with Gasteiger partial charge in [0.05, 0.1) is 30.3 Å². The number of pyridine rings is 1. The van der Waals surface area contributed by atoms with Crippen molar-refractivity contribution in [1.29, 1.82) is 0 Å². The summed E-state index contributed by atoms with van der Waals surface area (Å²) < 4.78 is 0.805. The first-order valence-corrected chi connectivity index (χ1v) is 9.80. The van der Waals surface area contributed by atoms with Gasteiger partial charge in [-0.05, 0) is 47.2 Å². The summed E-state index contributed by atoms with van der Waals surface area (Å²) in [7, 11) is 3.16. The monoisotopic (exact) mass is 481 g/mol. The van der Waals surface area contributed by atoms with Crippen molar-refractivity contribution in [3.63, 3.8) is 0 Å². The lowest BCUT2D eigenvalue weighted by atomic mass is 10.3. The number of para-hydroxylation sites is 1. The van der Waals surface area contributed by atoms with E-state index in [0.29, 0.717) is 16.5 Å². The summed E-state index contributed by atoms with van der Waals surface area (Å²) in [5.74, 6) is -0.535. The average molecular weight is 483 g/mol. The fourth-order valence-electron chi connectivity index (χ4n) is 2.34. The van der Waals surface area contributed by atoms with Crippen molar-refractivity contribution in [2.24, 2.45) is 0 Å². The molecule has 0 aliphatic rings. The molecule has 1 aromatic carbocycles. The first kappa shape index (κ1) is 22.8. The van der Waals surface area contributed by atoms with Crippen molar-refractivity contribution in [1.82, 2.24) is 14.8 Å². The Kier molecular flexibility index (Phi) is 8.56. The highest BCUT2D eigenvalue weighted by Gasteiger charge is 2.17. The molecular weight excluding hydrogens is 462 g/mol. The summed E-state index contributed by atoms with van der Waals surface area (Å²) >= 11 is 9.27. The third-order valence-corrected chi connectivity index (χ3v) is 4.57. The molecule has 29 heavy (non-hydrogen) atoms. The highest BCUT2D eigenvalue weighted by atomic mass is 79.9. The largest absolute Gasteiger partial charge is 0.335 e. The summed E-state index contributed by atoms with van der Waals surface area (Å²) in [6.07, 6.45) is 1.57. The number of rotatable bonds is 8. The molecule has 0 saturated carbocycles. The van der Waals surface area contributed by atoms with E-state index in [1.54, 1.807) is 54.5 Å². The molecule has 0 fully saturated rings. The van der Waals surface area contributed by atoms with Crippen LogP contribution in [-0.4, -0.2) is 66.2 Å². The second kappa shape index (κ2) is 10.9. The van der Waals surface area contributed by atoms with E-state index >= 15 is 0 Å². The van der Waals surface area contributed by atoms with E-state index in [1.807, 2.05) is 0 Å². The van der Waals surface area contributed by atoms with E-state index in [-0.39, 0.29) is 37.4 Å². The number of benzene rings is 1. The van der Waals surface area contributed by atoms with E-state index in [2.05, 4.69) is 31.5 Å². The number of hydrogen-bond donors (Lipinski definition) is 2. The Balaban J connectivity index is 1.77. The molecule has 0 unspecified atom stereocenters. The molecule has 10 heteroatoms. The molecule has 1 aromatic heterocycles. The van der Waals surface area contributed by atoms with Crippen LogP contribution in [0.3, 0.4) is 0 Å². The maximum absolute atomic E-state index is 12.3. The van der Waals surface area contributed by atoms with Crippen LogP contribution in [0.4, 0.5) is 11.5 Å². The van der Waals surface area contributed by atoms with Gasteiger partial charge in [-0.25, -0.2) is 4.98 Å². The minimum atomic E-state index is -0.365. The van der Waals surface area contributed by atoms with Crippen molar-refractivity contribution < 1.29 is 14.4 Å². The van der Waals surface area contributed by atoms with E-state index in [9.17, 15) is 14.4 Å². The van der Waals surface area contributed by atoms with Crippen molar-refractivity contribution in [3.05, 3.63) is 52.1 Å². The van der Waals surface area contributed by atoms with Crippen molar-refractivity contribution in [3.8, 4) is 0 Å². The molecule has 8 nitrogen and oxygen atoms in total. The molecule has 0 spiro atoms. The number of anilines is 2. The summed E-state index contributed by atoms with van der Waals surface area (Å²) in [5.41, 5.74) is 0.482. The Bertz CT molecular complexity index is 878. The van der Waals surface area contributed by atoms with E-state index < -0.39 is 0 Å². The molecule has 0 aliphatic heterocycles. The van der Waals surface area contributed by atoms with Gasteiger partial charge in [0, 0.05) is 17.7 Å². The van der Waals surface area contributed by atoms with Crippen LogP contribution in [0.5, 0.6) is 0 Å². The van der Waals surface area contributed by atoms with Crippen LogP contribution >= 0.6 is 27.5 Å². The zero-order chi connectivity index (χ0) is 21.4. The standard InChI is InChI=1S/C19H21BrClN5O3/c1-25(10-17(27)24-16-8-7-13(20)9-22-16)12-19(29)26(2)11-18(28)23-15-6-4-3-5-14(15)21/h3-9H,10-12H2,1-2H3,(H,23,28)(H,22,24,27). The number of likely N-dealkylation sites (N-methyl/N-ethyl adjacent to an activating group) is 2. The topological polar surface area (TPSA) is 94.6 Å². The molecule has 2 rings (SSSR count). The predicted octanol–water partition coefficient (Wildman–Crippen LogP) is 2.46. The molecule has 3 amide bonds. The number of halogens is 2. The van der Waals surface area contributed by atoms with Gasteiger partial charge in [0.25, 0.3) is 0 Å². The Morgan fingerprint density at radius 2 is 1.69 bits per heavy atom. The van der Waals surface area contributed by atoms with Crippen LogP contribution in [0.15, 0.2) is 47.1 Å². The molecule has 154 valence electrons. The number of carbonyl (C=O) groups excluding carboxylic acids is 3. The lowest BCUT2D eigenvalue weighted by Crippen LogP contribution is -2.42. The average Bonchev–Trinajstić information content (AvgIpc) is 2.65. The van der Waals surface area contributed by atoms with Crippen LogP contribution in [0.2, 0.25) is 5.02 Å². The first-order valence-electron chi connectivity index (χ1n) is 8.63. The van der Waals surface area contributed by atoms with Gasteiger partial charge in [0.2, 0.25) is 17.7 Å². The quantitative estimate of drug-likeness (QED) is 0.603. The summed E-state index contributed by atoms with van der Waals surface area (Å²) in [4.78, 5) is 43.4. The van der Waals surface area contributed by atoms with Gasteiger partial charge in [-0.2, -0.15) is 0 Å². The highest BCUT2D eigenvalue weighted by molar-refractivity contribution is 9.10. The zero-order valence-electron chi connectivity index (χ0n) is 16.0. The van der Waals surface area contributed by atoms with Gasteiger partial charge in [-0.1, -0.05) is 23.7 Å². The van der Waals surface area contributed by atoms with Crippen LogP contribution in [0.1, 0.15) is 0 Å². The Hall–Kier alpha value is -2.49. The second-order valence-electron chi connectivity index (χ2n) is 6.36. The molecule has 0 radical (unpaired) electrons. The Labute approximate surface area is 182 Å². The van der Waals surface area contributed by atoms with Crippen LogP contribution in [0.25, 0.3) is 0 Å². The molecule has 0 saturated heterocycles. The Morgan fingerprint density at radius 1 is 1.00 bits per heavy atom. The SMILES string of the molecule is CN(CC(=O)Nc1ccc(Br)cn1)CC(=O)N(C)CC(=O)Nc1ccccc1Cl. The van der Waals surface area contributed by atoms with E-state index in [1.165, 1.54) is 11.9 Å². The predicted molar refractivity (Wildman–Crippen MR) is 116 cm³/mol. The lowest BCUT2D eigenvalue weighted by molar-refractivity contribution is -0.134. The van der Waals surface area contributed by atoms with Crippen LogP contribution < -0.4 is 10.6 Å². The number of nitrogens with one attached hydrogen (secondary N) is 2. The maximum atomic E-state index is 12.3. The minimum absolute atomic E-state index is 0.00312. The second-order valence-corrected chi connectivity index (χ2v) is 7.68. The third kappa shape index (κ3) is 7.80. The van der Waals surface area contributed by atoms with Crippen molar-refractivity contribution in [2.75, 3.05) is 44.4 Å². The van der Waals surface area contributed by atoms with E-state index in [0.717, 1.165) is 4.47 Å². The number of hydrogen-bond acceptors (Lipinski definition) is 5. The van der Waals surface area contributed by atoms with Crippen molar-refractivity contribution >= 4 is 56.8 Å². The summed E-state index contributed by atoms with van der Waals surface area (Å²) in [5, 5.41) is 5.73.